The van der Waals surface area contributed by atoms with Crippen molar-refractivity contribution in [3.05, 3.63) is 34.6 Å². The van der Waals surface area contributed by atoms with Gasteiger partial charge in [-0.25, -0.2) is 0 Å². The molecule has 1 atom stereocenters. The third kappa shape index (κ3) is 2.87. The summed E-state index contributed by atoms with van der Waals surface area (Å²) < 4.78 is 6.37. The van der Waals surface area contributed by atoms with E-state index in [1.165, 1.54) is 19.3 Å². The van der Waals surface area contributed by atoms with Crippen LogP contribution in [-0.2, 0) is 0 Å². The molecule has 0 bridgehead atoms. The second-order valence-corrected chi connectivity index (χ2v) is 5.65. The minimum Gasteiger partial charge on any atom is -0.334 e. The predicted molar refractivity (Wildman–Crippen MR) is 76.6 cm³/mol. The first-order valence-corrected chi connectivity index (χ1v) is 7.46. The molecule has 3 rings (SSSR count). The van der Waals surface area contributed by atoms with E-state index in [1.807, 2.05) is 24.3 Å². The molecule has 0 radical (unpaired) electrons. The third-order valence-electron chi connectivity index (χ3n) is 3.42. The fourth-order valence-corrected chi connectivity index (χ4v) is 2.82. The predicted octanol–water partition coefficient (Wildman–Crippen LogP) is 3.70. The van der Waals surface area contributed by atoms with Crippen molar-refractivity contribution in [2.75, 3.05) is 6.54 Å². The van der Waals surface area contributed by atoms with E-state index < -0.39 is 0 Å². The molecule has 0 amide bonds. The van der Waals surface area contributed by atoms with E-state index in [-0.39, 0.29) is 6.04 Å². The average Bonchev–Trinajstić information content (AvgIpc) is 2.75. The van der Waals surface area contributed by atoms with Gasteiger partial charge in [0.25, 0.3) is 5.89 Å². The van der Waals surface area contributed by atoms with Crippen LogP contribution >= 0.6 is 15.9 Å². The Balaban J connectivity index is 1.85. The van der Waals surface area contributed by atoms with E-state index in [4.69, 9.17) is 4.52 Å². The van der Waals surface area contributed by atoms with Gasteiger partial charge in [-0.3, -0.25) is 0 Å². The largest absolute Gasteiger partial charge is 0.334 e. The Hall–Kier alpha value is -1.20. The van der Waals surface area contributed by atoms with Crippen LogP contribution in [0.1, 0.15) is 37.5 Å². The van der Waals surface area contributed by atoms with Gasteiger partial charge < -0.3 is 9.84 Å². The SMILES string of the molecule is Brc1ccccc1-c1nc([C@H]2CCCCCN2)no1. The van der Waals surface area contributed by atoms with Gasteiger partial charge in [0.1, 0.15) is 0 Å². The Bertz CT molecular complexity index is 547. The molecule has 0 unspecified atom stereocenters. The fraction of sp³-hybridized carbons (Fsp3) is 0.429. The summed E-state index contributed by atoms with van der Waals surface area (Å²) in [5, 5.41) is 7.61. The smallest absolute Gasteiger partial charge is 0.259 e. The highest BCUT2D eigenvalue weighted by molar-refractivity contribution is 9.10. The molecule has 2 aromatic rings. The van der Waals surface area contributed by atoms with Gasteiger partial charge in [-0.15, -0.1) is 0 Å². The van der Waals surface area contributed by atoms with Crippen LogP contribution in [0.5, 0.6) is 0 Å². The quantitative estimate of drug-likeness (QED) is 0.916. The highest BCUT2D eigenvalue weighted by atomic mass is 79.9. The molecule has 19 heavy (non-hydrogen) atoms. The van der Waals surface area contributed by atoms with Crippen LogP contribution in [-0.4, -0.2) is 16.7 Å². The number of nitrogens with one attached hydrogen (secondary N) is 1. The summed E-state index contributed by atoms with van der Waals surface area (Å²) in [5.41, 5.74) is 0.940. The van der Waals surface area contributed by atoms with Crippen LogP contribution in [0.3, 0.4) is 0 Å². The minimum atomic E-state index is 0.225. The van der Waals surface area contributed by atoms with Gasteiger partial charge in [0, 0.05) is 4.47 Å². The standard InChI is InChI=1S/C14H16BrN3O/c15-11-7-4-3-6-10(11)14-17-13(18-19-14)12-8-2-1-5-9-16-12/h3-4,6-7,12,16H,1-2,5,8-9H2/t12-/m1/s1. The number of hydrogen-bond acceptors (Lipinski definition) is 4. The van der Waals surface area contributed by atoms with Crippen molar-refractivity contribution in [1.29, 1.82) is 0 Å². The molecular formula is C14H16BrN3O. The zero-order chi connectivity index (χ0) is 13.1. The fourth-order valence-electron chi connectivity index (χ4n) is 2.37. The molecule has 4 nitrogen and oxygen atoms in total. The summed E-state index contributed by atoms with van der Waals surface area (Å²) in [6.07, 6.45) is 4.80. The van der Waals surface area contributed by atoms with Crippen molar-refractivity contribution < 1.29 is 4.52 Å². The van der Waals surface area contributed by atoms with Crippen LogP contribution < -0.4 is 5.32 Å². The van der Waals surface area contributed by atoms with Crippen molar-refractivity contribution in [2.45, 2.75) is 31.7 Å². The van der Waals surface area contributed by atoms with Gasteiger partial charge in [0.05, 0.1) is 11.6 Å². The summed E-state index contributed by atoms with van der Waals surface area (Å²) in [5.74, 6) is 1.35. The van der Waals surface area contributed by atoms with Crippen molar-refractivity contribution in [2.24, 2.45) is 0 Å². The maximum absolute atomic E-state index is 5.39. The normalized spacial score (nSPS) is 20.2. The molecule has 2 heterocycles. The lowest BCUT2D eigenvalue weighted by Gasteiger charge is -2.09. The monoisotopic (exact) mass is 321 g/mol. The summed E-state index contributed by atoms with van der Waals surface area (Å²) >= 11 is 3.51. The van der Waals surface area contributed by atoms with Crippen molar-refractivity contribution in [3.63, 3.8) is 0 Å². The Kier molecular flexibility index (Phi) is 3.94. The summed E-state index contributed by atoms with van der Waals surface area (Å²) in [6.45, 7) is 1.03. The molecule has 0 saturated carbocycles. The average molecular weight is 322 g/mol. The lowest BCUT2D eigenvalue weighted by molar-refractivity contribution is 0.402. The molecule has 5 heteroatoms. The summed E-state index contributed by atoms with van der Waals surface area (Å²) in [6, 6.07) is 8.11. The van der Waals surface area contributed by atoms with Gasteiger partial charge in [0.15, 0.2) is 5.82 Å². The zero-order valence-corrected chi connectivity index (χ0v) is 12.2. The number of halogens is 1. The molecule has 1 N–H and O–H groups in total. The van der Waals surface area contributed by atoms with Crippen molar-refractivity contribution in [1.82, 2.24) is 15.5 Å². The highest BCUT2D eigenvalue weighted by Gasteiger charge is 2.20. The van der Waals surface area contributed by atoms with Gasteiger partial charge >= 0.3 is 0 Å². The van der Waals surface area contributed by atoms with Crippen LogP contribution in [0.2, 0.25) is 0 Å². The Morgan fingerprint density at radius 2 is 2.11 bits per heavy atom. The van der Waals surface area contributed by atoms with Gasteiger partial charge in [0.2, 0.25) is 0 Å². The van der Waals surface area contributed by atoms with Gasteiger partial charge in [-0.1, -0.05) is 30.1 Å². The van der Waals surface area contributed by atoms with Gasteiger partial charge in [-0.2, -0.15) is 4.98 Å². The van der Waals surface area contributed by atoms with E-state index in [9.17, 15) is 0 Å². The molecule has 1 aliphatic heterocycles. The van der Waals surface area contributed by atoms with Crippen molar-refractivity contribution >= 4 is 15.9 Å². The number of benzene rings is 1. The number of aromatic nitrogens is 2. The Labute approximate surface area is 120 Å². The molecule has 0 spiro atoms. The van der Waals surface area contributed by atoms with Gasteiger partial charge in [-0.05, 0) is 47.4 Å². The molecule has 100 valence electrons. The lowest BCUT2D eigenvalue weighted by Crippen LogP contribution is -2.21. The van der Waals surface area contributed by atoms with Crippen molar-refractivity contribution in [3.8, 4) is 11.5 Å². The third-order valence-corrected chi connectivity index (χ3v) is 4.11. The first kappa shape index (κ1) is 12.8. The molecular weight excluding hydrogens is 306 g/mol. The Morgan fingerprint density at radius 1 is 1.21 bits per heavy atom. The molecule has 1 fully saturated rings. The van der Waals surface area contributed by atoms with E-state index in [2.05, 4.69) is 31.4 Å². The maximum atomic E-state index is 5.39. The first-order chi connectivity index (χ1) is 9.34. The number of hydrogen-bond donors (Lipinski definition) is 1. The molecule has 1 aromatic carbocycles. The minimum absolute atomic E-state index is 0.225. The van der Waals surface area contributed by atoms with E-state index in [0.717, 1.165) is 28.8 Å². The number of rotatable bonds is 2. The Morgan fingerprint density at radius 3 is 3.00 bits per heavy atom. The molecule has 1 saturated heterocycles. The van der Waals surface area contributed by atoms with Crippen LogP contribution in [0.4, 0.5) is 0 Å². The second kappa shape index (κ2) is 5.84. The summed E-state index contributed by atoms with van der Waals surface area (Å²) in [4.78, 5) is 4.54. The van der Waals surface area contributed by atoms with Crippen LogP contribution in [0, 0.1) is 0 Å². The van der Waals surface area contributed by atoms with E-state index in [0.29, 0.717) is 5.89 Å². The van der Waals surface area contributed by atoms with Crippen LogP contribution in [0.15, 0.2) is 33.3 Å². The zero-order valence-electron chi connectivity index (χ0n) is 10.6. The van der Waals surface area contributed by atoms with E-state index in [1.54, 1.807) is 0 Å². The highest BCUT2D eigenvalue weighted by Crippen LogP contribution is 2.28. The topological polar surface area (TPSA) is 51.0 Å². The first-order valence-electron chi connectivity index (χ1n) is 6.66. The molecule has 0 aliphatic carbocycles. The molecule has 1 aromatic heterocycles. The second-order valence-electron chi connectivity index (χ2n) is 4.79. The number of nitrogens with zero attached hydrogens (tertiary/aromatic N) is 2. The maximum Gasteiger partial charge on any atom is 0.259 e. The summed E-state index contributed by atoms with van der Waals surface area (Å²) in [7, 11) is 0. The van der Waals surface area contributed by atoms with E-state index >= 15 is 0 Å². The lowest BCUT2D eigenvalue weighted by atomic mass is 10.1. The van der Waals surface area contributed by atoms with Crippen LogP contribution in [0.25, 0.3) is 11.5 Å². The molecule has 1 aliphatic rings.